The second-order valence-corrected chi connectivity index (χ2v) is 7.33. The van der Waals surface area contributed by atoms with E-state index in [4.69, 9.17) is 4.74 Å². The summed E-state index contributed by atoms with van der Waals surface area (Å²) < 4.78 is 5.60. The van der Waals surface area contributed by atoms with Crippen LogP contribution in [0.5, 0.6) is 0 Å². The first-order valence-electron chi connectivity index (χ1n) is 7.50. The molecule has 1 aromatic rings. The summed E-state index contributed by atoms with van der Waals surface area (Å²) in [5, 5.41) is 3.48. The Balaban J connectivity index is 2.42. The first-order chi connectivity index (χ1) is 9.38. The van der Waals surface area contributed by atoms with E-state index in [0.29, 0.717) is 12.1 Å². The molecule has 1 heterocycles. The third kappa shape index (κ3) is 6.84. The van der Waals surface area contributed by atoms with Gasteiger partial charge in [0.2, 0.25) is 0 Å². The highest BCUT2D eigenvalue weighted by atomic mass is 32.1. The van der Waals surface area contributed by atoms with Crippen molar-refractivity contribution in [2.45, 2.75) is 59.9 Å². The maximum atomic E-state index is 5.60. The van der Waals surface area contributed by atoms with Gasteiger partial charge in [0.15, 0.2) is 0 Å². The molecule has 1 N–H and O–H groups in total. The number of thiophene rings is 1. The van der Waals surface area contributed by atoms with Crippen molar-refractivity contribution < 1.29 is 4.74 Å². The molecule has 0 spiro atoms. The molecule has 20 heavy (non-hydrogen) atoms. The highest BCUT2D eigenvalue weighted by Crippen LogP contribution is 2.22. The Kier molecular flexibility index (Phi) is 7.74. The molecule has 0 aromatic carbocycles. The lowest BCUT2D eigenvalue weighted by atomic mass is 10.2. The van der Waals surface area contributed by atoms with E-state index in [1.54, 1.807) is 0 Å². The Morgan fingerprint density at radius 1 is 1.30 bits per heavy atom. The van der Waals surface area contributed by atoms with Crippen molar-refractivity contribution in [3.63, 3.8) is 0 Å². The van der Waals surface area contributed by atoms with Crippen molar-refractivity contribution in [3.05, 3.63) is 21.4 Å². The van der Waals surface area contributed by atoms with Gasteiger partial charge in [0, 0.05) is 35.4 Å². The lowest BCUT2D eigenvalue weighted by Crippen LogP contribution is -2.24. The molecule has 1 rings (SSSR count). The summed E-state index contributed by atoms with van der Waals surface area (Å²) in [4.78, 5) is 5.19. The van der Waals surface area contributed by atoms with Gasteiger partial charge in [0.1, 0.15) is 0 Å². The third-order valence-corrected chi connectivity index (χ3v) is 4.21. The van der Waals surface area contributed by atoms with Gasteiger partial charge in [-0.1, -0.05) is 13.8 Å². The molecule has 1 aromatic heterocycles. The minimum absolute atomic E-state index is 0.319. The smallest absolute Gasteiger partial charge is 0.0596 e. The van der Waals surface area contributed by atoms with Crippen molar-refractivity contribution in [1.29, 1.82) is 0 Å². The van der Waals surface area contributed by atoms with E-state index < -0.39 is 0 Å². The fourth-order valence-corrected chi connectivity index (χ4v) is 2.96. The van der Waals surface area contributed by atoms with Crippen molar-refractivity contribution in [2.24, 2.45) is 0 Å². The molecule has 0 unspecified atom stereocenters. The second kappa shape index (κ2) is 8.78. The van der Waals surface area contributed by atoms with E-state index in [1.807, 2.05) is 11.3 Å². The van der Waals surface area contributed by atoms with Crippen LogP contribution in [-0.2, 0) is 17.8 Å². The Bertz CT molecular complexity index is 388. The minimum atomic E-state index is 0.319. The number of rotatable bonds is 9. The van der Waals surface area contributed by atoms with Crippen LogP contribution in [0.3, 0.4) is 0 Å². The van der Waals surface area contributed by atoms with Gasteiger partial charge >= 0.3 is 0 Å². The van der Waals surface area contributed by atoms with Crippen molar-refractivity contribution in [3.8, 4) is 0 Å². The van der Waals surface area contributed by atoms with Gasteiger partial charge in [-0.3, -0.25) is 4.90 Å². The molecule has 0 aliphatic rings. The SMILES string of the molecule is Cc1sc(CNC(C)C)cc1CN(C)CCOC(C)C. The van der Waals surface area contributed by atoms with Crippen LogP contribution < -0.4 is 5.32 Å². The Labute approximate surface area is 128 Å². The van der Waals surface area contributed by atoms with Crippen molar-refractivity contribution in [1.82, 2.24) is 10.2 Å². The monoisotopic (exact) mass is 298 g/mol. The molecule has 116 valence electrons. The zero-order valence-electron chi connectivity index (χ0n) is 13.8. The van der Waals surface area contributed by atoms with Crippen LogP contribution in [0.15, 0.2) is 6.07 Å². The van der Waals surface area contributed by atoms with Crippen LogP contribution in [0.1, 0.15) is 43.0 Å². The molecule has 0 atom stereocenters. The molecule has 0 radical (unpaired) electrons. The highest BCUT2D eigenvalue weighted by Gasteiger charge is 2.08. The van der Waals surface area contributed by atoms with Gasteiger partial charge in [0.25, 0.3) is 0 Å². The lowest BCUT2D eigenvalue weighted by molar-refractivity contribution is 0.0627. The molecule has 3 nitrogen and oxygen atoms in total. The fourth-order valence-electron chi connectivity index (χ4n) is 1.95. The summed E-state index contributed by atoms with van der Waals surface area (Å²) in [6.45, 7) is 14.5. The summed E-state index contributed by atoms with van der Waals surface area (Å²) in [6, 6.07) is 2.88. The van der Waals surface area contributed by atoms with Gasteiger partial charge in [-0.05, 0) is 39.4 Å². The zero-order chi connectivity index (χ0) is 15.1. The molecular formula is C16H30N2OS. The molecule has 0 bridgehead atoms. The minimum Gasteiger partial charge on any atom is -0.377 e. The van der Waals surface area contributed by atoms with Gasteiger partial charge in [-0.15, -0.1) is 11.3 Å². The van der Waals surface area contributed by atoms with E-state index in [-0.39, 0.29) is 0 Å². The molecule has 0 aliphatic heterocycles. The highest BCUT2D eigenvalue weighted by molar-refractivity contribution is 7.12. The molecular weight excluding hydrogens is 268 g/mol. The van der Waals surface area contributed by atoms with Gasteiger partial charge in [0.05, 0.1) is 12.7 Å². The van der Waals surface area contributed by atoms with Crippen molar-refractivity contribution in [2.75, 3.05) is 20.2 Å². The number of nitrogens with one attached hydrogen (secondary N) is 1. The number of likely N-dealkylation sites (N-methyl/N-ethyl adjacent to an activating group) is 1. The molecule has 0 saturated heterocycles. The first kappa shape index (κ1) is 17.6. The predicted molar refractivity (Wildman–Crippen MR) is 88.5 cm³/mol. The number of ether oxygens (including phenoxy) is 1. The van der Waals surface area contributed by atoms with Crippen molar-refractivity contribution >= 4 is 11.3 Å². The first-order valence-corrected chi connectivity index (χ1v) is 8.31. The summed E-state index contributed by atoms with van der Waals surface area (Å²) >= 11 is 1.91. The average molecular weight is 298 g/mol. The molecule has 0 aliphatic carbocycles. The molecule has 0 fully saturated rings. The zero-order valence-corrected chi connectivity index (χ0v) is 14.6. The normalized spacial score (nSPS) is 12.1. The number of nitrogens with zero attached hydrogens (tertiary/aromatic N) is 1. The Hall–Kier alpha value is -0.420. The van der Waals surface area contributed by atoms with E-state index in [2.05, 4.69) is 57.9 Å². The number of hydrogen-bond donors (Lipinski definition) is 1. The summed E-state index contributed by atoms with van der Waals surface area (Å²) in [5.41, 5.74) is 1.45. The van der Waals surface area contributed by atoms with E-state index in [9.17, 15) is 0 Å². The van der Waals surface area contributed by atoms with Crippen LogP contribution in [-0.4, -0.2) is 37.2 Å². The van der Waals surface area contributed by atoms with Crippen LogP contribution in [0.4, 0.5) is 0 Å². The maximum Gasteiger partial charge on any atom is 0.0596 e. The van der Waals surface area contributed by atoms with E-state index in [1.165, 1.54) is 15.3 Å². The Morgan fingerprint density at radius 3 is 2.60 bits per heavy atom. The number of aryl methyl sites for hydroxylation is 1. The fraction of sp³-hybridized carbons (Fsp3) is 0.750. The molecule has 0 saturated carbocycles. The maximum absolute atomic E-state index is 5.60. The average Bonchev–Trinajstić information content (AvgIpc) is 2.67. The summed E-state index contributed by atoms with van der Waals surface area (Å²) in [7, 11) is 2.16. The van der Waals surface area contributed by atoms with Gasteiger partial charge in [-0.25, -0.2) is 0 Å². The standard InChI is InChI=1S/C16H30N2OS/c1-12(2)17-10-16-9-15(14(5)20-16)11-18(6)7-8-19-13(3)4/h9,12-13,17H,7-8,10-11H2,1-6H3. The molecule has 0 amide bonds. The lowest BCUT2D eigenvalue weighted by Gasteiger charge is -2.17. The van der Waals surface area contributed by atoms with Gasteiger partial charge in [-0.2, -0.15) is 0 Å². The molecule has 4 heteroatoms. The Morgan fingerprint density at radius 2 is 2.00 bits per heavy atom. The van der Waals surface area contributed by atoms with Crippen LogP contribution in [0.25, 0.3) is 0 Å². The topological polar surface area (TPSA) is 24.5 Å². The summed E-state index contributed by atoms with van der Waals surface area (Å²) in [5.74, 6) is 0. The largest absolute Gasteiger partial charge is 0.377 e. The quantitative estimate of drug-likeness (QED) is 0.756. The van der Waals surface area contributed by atoms with Crippen LogP contribution in [0, 0.1) is 6.92 Å². The van der Waals surface area contributed by atoms with Gasteiger partial charge < -0.3 is 10.1 Å². The predicted octanol–water partition coefficient (Wildman–Crippen LogP) is 3.41. The van der Waals surface area contributed by atoms with E-state index >= 15 is 0 Å². The summed E-state index contributed by atoms with van der Waals surface area (Å²) in [6.07, 6.45) is 0.319. The third-order valence-electron chi connectivity index (χ3n) is 3.12. The van der Waals surface area contributed by atoms with E-state index in [0.717, 1.165) is 26.2 Å². The number of hydrogen-bond acceptors (Lipinski definition) is 4. The van der Waals surface area contributed by atoms with Crippen LogP contribution in [0.2, 0.25) is 0 Å². The second-order valence-electron chi connectivity index (χ2n) is 5.99. The van der Waals surface area contributed by atoms with Crippen LogP contribution >= 0.6 is 11.3 Å².